The van der Waals surface area contributed by atoms with Crippen molar-refractivity contribution in [3.05, 3.63) is 37.5 Å². The number of amides is 1. The van der Waals surface area contributed by atoms with Crippen LogP contribution in [0.1, 0.15) is 54.6 Å². The van der Waals surface area contributed by atoms with Gasteiger partial charge in [-0.05, 0) is 32.3 Å². The normalized spacial score (nSPS) is 17.3. The monoisotopic (exact) mass is 322 g/mol. The Bertz CT molecular complexity index is 705. The number of aryl methyl sites for hydroxylation is 2. The molecular formula is C14H14N2O3S2. The average Bonchev–Trinajstić information content (AvgIpc) is 3.04. The molecule has 2 N–H and O–H groups in total. The summed E-state index contributed by atoms with van der Waals surface area (Å²) in [6.45, 7) is 1.96. The first kappa shape index (κ1) is 14.2. The summed E-state index contributed by atoms with van der Waals surface area (Å²) >= 11 is 2.76. The van der Waals surface area contributed by atoms with Crippen molar-refractivity contribution < 1.29 is 14.3 Å². The number of carbonyl (C=O) groups excluding carboxylic acids is 2. The van der Waals surface area contributed by atoms with E-state index in [4.69, 9.17) is 10.5 Å². The van der Waals surface area contributed by atoms with E-state index in [2.05, 4.69) is 4.98 Å². The molecule has 0 fully saturated rings. The number of hydrogen-bond acceptors (Lipinski definition) is 6. The molecule has 2 heterocycles. The van der Waals surface area contributed by atoms with Crippen molar-refractivity contribution in [2.45, 2.75) is 32.3 Å². The number of aromatic nitrogens is 1. The zero-order valence-corrected chi connectivity index (χ0v) is 13.1. The van der Waals surface area contributed by atoms with Gasteiger partial charge in [0.25, 0.3) is 0 Å². The van der Waals surface area contributed by atoms with Crippen molar-refractivity contribution in [2.24, 2.45) is 5.73 Å². The molecule has 2 aromatic heterocycles. The molecule has 0 spiro atoms. The summed E-state index contributed by atoms with van der Waals surface area (Å²) < 4.78 is 5.60. The van der Waals surface area contributed by atoms with Crippen LogP contribution in [0.15, 0.2) is 11.4 Å². The van der Waals surface area contributed by atoms with Crippen LogP contribution in [0.3, 0.4) is 0 Å². The highest BCUT2D eigenvalue weighted by Gasteiger charge is 2.28. The summed E-state index contributed by atoms with van der Waals surface area (Å²) in [4.78, 5) is 29.2. The minimum absolute atomic E-state index is 0.230. The standard InChI is InChI=1S/C14H14N2O3S2/c1-7-16-9-3-2-4-10(12(9)21-7)19-14(18)11-5-8(6-20-11)13(15)17/h5-6,10H,2-4H2,1H3,(H2,15,17)/t10-/m0/s1. The highest BCUT2D eigenvalue weighted by Crippen LogP contribution is 2.37. The van der Waals surface area contributed by atoms with E-state index in [1.165, 1.54) is 17.4 Å². The summed E-state index contributed by atoms with van der Waals surface area (Å²) in [6.07, 6.45) is 2.49. The number of hydrogen-bond donors (Lipinski definition) is 1. The number of rotatable bonds is 3. The maximum absolute atomic E-state index is 12.2. The van der Waals surface area contributed by atoms with Gasteiger partial charge in [-0.15, -0.1) is 22.7 Å². The predicted octanol–water partition coefficient (Wildman–Crippen LogP) is 2.85. The van der Waals surface area contributed by atoms with Crippen LogP contribution < -0.4 is 5.73 Å². The lowest BCUT2D eigenvalue weighted by molar-refractivity contribution is 0.0271. The largest absolute Gasteiger partial charge is 0.452 e. The molecule has 21 heavy (non-hydrogen) atoms. The molecule has 1 amide bonds. The SMILES string of the molecule is Cc1nc2c(s1)[C@@H](OC(=O)c1cc(C(N)=O)cs1)CCC2. The van der Waals surface area contributed by atoms with Crippen molar-refractivity contribution in [1.82, 2.24) is 4.98 Å². The molecule has 110 valence electrons. The third-order valence-electron chi connectivity index (χ3n) is 3.34. The molecule has 3 rings (SSSR count). The van der Waals surface area contributed by atoms with E-state index in [0.29, 0.717) is 10.4 Å². The van der Waals surface area contributed by atoms with Gasteiger partial charge < -0.3 is 10.5 Å². The number of thiophene rings is 1. The average molecular weight is 322 g/mol. The molecule has 0 bridgehead atoms. The van der Waals surface area contributed by atoms with Crippen molar-refractivity contribution >= 4 is 34.6 Å². The van der Waals surface area contributed by atoms with Crippen LogP contribution in [0.5, 0.6) is 0 Å². The molecule has 1 atom stereocenters. The molecule has 2 aromatic rings. The van der Waals surface area contributed by atoms with Crippen molar-refractivity contribution in [2.75, 3.05) is 0 Å². The first-order valence-corrected chi connectivity index (χ1v) is 8.29. The van der Waals surface area contributed by atoms with Crippen LogP contribution in [0.4, 0.5) is 0 Å². The Labute approximate surface area is 129 Å². The van der Waals surface area contributed by atoms with E-state index in [0.717, 1.165) is 34.8 Å². The van der Waals surface area contributed by atoms with Crippen molar-refractivity contribution in [1.29, 1.82) is 0 Å². The first-order chi connectivity index (χ1) is 10.0. The number of ether oxygens (including phenoxy) is 1. The molecule has 0 saturated heterocycles. The smallest absolute Gasteiger partial charge is 0.348 e. The number of nitrogens with two attached hydrogens (primary N) is 1. The molecule has 0 aromatic carbocycles. The Morgan fingerprint density at radius 1 is 1.48 bits per heavy atom. The van der Waals surface area contributed by atoms with Crippen LogP contribution in [0.2, 0.25) is 0 Å². The van der Waals surface area contributed by atoms with E-state index in [1.807, 2.05) is 6.92 Å². The lowest BCUT2D eigenvalue weighted by atomic mass is 10.0. The highest BCUT2D eigenvalue weighted by molar-refractivity contribution is 7.12. The van der Waals surface area contributed by atoms with Gasteiger partial charge in [0.15, 0.2) is 0 Å². The second-order valence-electron chi connectivity index (χ2n) is 4.89. The topological polar surface area (TPSA) is 82.3 Å². The van der Waals surface area contributed by atoms with Crippen LogP contribution in [0.25, 0.3) is 0 Å². The number of thiazole rings is 1. The van der Waals surface area contributed by atoms with Gasteiger partial charge in [0.1, 0.15) is 11.0 Å². The zero-order valence-electron chi connectivity index (χ0n) is 11.4. The summed E-state index contributed by atoms with van der Waals surface area (Å²) in [5, 5.41) is 2.57. The van der Waals surface area contributed by atoms with Gasteiger partial charge in [-0.2, -0.15) is 0 Å². The molecule has 0 saturated carbocycles. The molecule has 1 aliphatic carbocycles. The van der Waals surface area contributed by atoms with E-state index in [-0.39, 0.29) is 6.10 Å². The maximum Gasteiger partial charge on any atom is 0.348 e. The highest BCUT2D eigenvalue weighted by atomic mass is 32.1. The van der Waals surface area contributed by atoms with E-state index >= 15 is 0 Å². The van der Waals surface area contributed by atoms with Crippen LogP contribution in [-0.4, -0.2) is 16.9 Å². The van der Waals surface area contributed by atoms with Crippen LogP contribution in [0, 0.1) is 6.92 Å². The van der Waals surface area contributed by atoms with Crippen molar-refractivity contribution in [3.63, 3.8) is 0 Å². The molecule has 0 aliphatic heterocycles. The van der Waals surface area contributed by atoms with Gasteiger partial charge in [0, 0.05) is 5.38 Å². The third kappa shape index (κ3) is 2.84. The molecule has 1 aliphatic rings. The van der Waals surface area contributed by atoms with Gasteiger partial charge in [-0.1, -0.05) is 0 Å². The summed E-state index contributed by atoms with van der Waals surface area (Å²) in [7, 11) is 0. The lowest BCUT2D eigenvalue weighted by Gasteiger charge is -2.21. The second-order valence-corrected chi connectivity index (χ2v) is 7.04. The molecule has 5 nitrogen and oxygen atoms in total. The zero-order chi connectivity index (χ0) is 15.0. The lowest BCUT2D eigenvalue weighted by Crippen LogP contribution is -2.15. The fourth-order valence-electron chi connectivity index (χ4n) is 2.37. The summed E-state index contributed by atoms with van der Waals surface area (Å²) in [5.41, 5.74) is 6.57. The number of carbonyl (C=O) groups is 2. The minimum Gasteiger partial charge on any atom is -0.452 e. The number of fused-ring (bicyclic) bond motifs is 1. The predicted molar refractivity (Wildman–Crippen MR) is 80.8 cm³/mol. The van der Waals surface area contributed by atoms with Gasteiger partial charge >= 0.3 is 5.97 Å². The minimum atomic E-state index is -0.539. The fourth-order valence-corrected chi connectivity index (χ4v) is 4.19. The third-order valence-corrected chi connectivity index (χ3v) is 5.36. The Morgan fingerprint density at radius 2 is 2.29 bits per heavy atom. The maximum atomic E-state index is 12.2. The van der Waals surface area contributed by atoms with Gasteiger partial charge in [-0.3, -0.25) is 4.79 Å². The molecule has 0 radical (unpaired) electrons. The molecule has 7 heteroatoms. The Hall–Kier alpha value is -1.73. The van der Waals surface area contributed by atoms with E-state index in [1.54, 1.807) is 16.7 Å². The Kier molecular flexibility index (Phi) is 3.77. The number of primary amides is 1. The van der Waals surface area contributed by atoms with Gasteiger partial charge in [-0.25, -0.2) is 9.78 Å². The van der Waals surface area contributed by atoms with Crippen LogP contribution >= 0.6 is 22.7 Å². The van der Waals surface area contributed by atoms with E-state index < -0.39 is 11.9 Å². The van der Waals surface area contributed by atoms with E-state index in [9.17, 15) is 9.59 Å². The summed E-state index contributed by atoms with van der Waals surface area (Å²) in [5.74, 6) is -0.945. The molecular weight excluding hydrogens is 308 g/mol. The number of esters is 1. The van der Waals surface area contributed by atoms with Crippen LogP contribution in [-0.2, 0) is 11.2 Å². The quantitative estimate of drug-likeness (QED) is 0.881. The molecule has 0 unspecified atom stereocenters. The Morgan fingerprint density at radius 3 is 3.00 bits per heavy atom. The first-order valence-electron chi connectivity index (χ1n) is 6.60. The number of nitrogens with zero attached hydrogens (tertiary/aromatic N) is 1. The summed E-state index contributed by atoms with van der Waals surface area (Å²) in [6, 6.07) is 1.48. The van der Waals surface area contributed by atoms with Gasteiger partial charge in [0.05, 0.1) is 21.1 Å². The second kappa shape index (κ2) is 5.57. The van der Waals surface area contributed by atoms with Crippen molar-refractivity contribution in [3.8, 4) is 0 Å². The Balaban J connectivity index is 1.77. The fraction of sp³-hybridized carbons (Fsp3) is 0.357. The van der Waals surface area contributed by atoms with Gasteiger partial charge in [0.2, 0.25) is 5.91 Å².